The van der Waals surface area contributed by atoms with E-state index in [1.165, 1.54) is 24.1 Å². The number of amides is 1. The van der Waals surface area contributed by atoms with Gasteiger partial charge in [-0.1, -0.05) is 11.6 Å². The molecule has 8 heteroatoms. The summed E-state index contributed by atoms with van der Waals surface area (Å²) in [7, 11) is 1.30. The van der Waals surface area contributed by atoms with Gasteiger partial charge >= 0.3 is 5.97 Å². The van der Waals surface area contributed by atoms with Gasteiger partial charge in [-0.05, 0) is 12.5 Å². The first-order valence-electron chi connectivity index (χ1n) is 6.25. The molecule has 1 fully saturated rings. The number of ether oxygens (including phenoxy) is 1. The molecule has 1 atom stereocenters. The Kier molecular flexibility index (Phi) is 4.42. The molecule has 2 rings (SSSR count). The van der Waals surface area contributed by atoms with E-state index >= 15 is 0 Å². The molecular weight excluding hydrogens is 300 g/mol. The Balaban J connectivity index is 2.19. The molecule has 21 heavy (non-hydrogen) atoms. The summed E-state index contributed by atoms with van der Waals surface area (Å²) < 4.78 is 4.65. The number of halogens is 1. The van der Waals surface area contributed by atoms with Gasteiger partial charge in [-0.3, -0.25) is 19.7 Å². The van der Waals surface area contributed by atoms with Crippen molar-refractivity contribution < 1.29 is 19.2 Å². The largest absolute Gasteiger partial charge is 0.469 e. The highest BCUT2D eigenvalue weighted by atomic mass is 35.5. The molecular formula is C13H13ClN2O5. The van der Waals surface area contributed by atoms with E-state index in [0.29, 0.717) is 13.0 Å². The maximum absolute atomic E-state index is 12.4. The van der Waals surface area contributed by atoms with Crippen molar-refractivity contribution in [3.63, 3.8) is 0 Å². The van der Waals surface area contributed by atoms with Gasteiger partial charge in [-0.25, -0.2) is 0 Å². The number of carbonyl (C=O) groups is 2. The van der Waals surface area contributed by atoms with Crippen molar-refractivity contribution in [2.45, 2.75) is 6.42 Å². The summed E-state index contributed by atoms with van der Waals surface area (Å²) in [5.74, 6) is -1.15. The van der Waals surface area contributed by atoms with Gasteiger partial charge in [0.15, 0.2) is 0 Å². The number of non-ortho nitro benzene ring substituents is 1. The molecule has 1 aliphatic rings. The van der Waals surface area contributed by atoms with Crippen molar-refractivity contribution >= 4 is 29.2 Å². The number of carbonyl (C=O) groups excluding carboxylic acids is 2. The molecule has 1 heterocycles. The number of nitrogens with zero attached hydrogens (tertiary/aromatic N) is 2. The number of nitro benzene ring substituents is 1. The van der Waals surface area contributed by atoms with E-state index in [4.69, 9.17) is 11.6 Å². The van der Waals surface area contributed by atoms with Crippen molar-refractivity contribution in [2.75, 3.05) is 20.2 Å². The molecule has 1 amide bonds. The molecule has 1 aromatic carbocycles. The smallest absolute Gasteiger partial charge is 0.310 e. The number of hydrogen-bond donors (Lipinski definition) is 0. The second-order valence-electron chi connectivity index (χ2n) is 4.68. The lowest BCUT2D eigenvalue weighted by Gasteiger charge is -2.16. The second-order valence-corrected chi connectivity index (χ2v) is 5.09. The summed E-state index contributed by atoms with van der Waals surface area (Å²) in [5.41, 5.74) is -0.136. The van der Waals surface area contributed by atoms with Crippen LogP contribution in [0.3, 0.4) is 0 Å². The summed E-state index contributed by atoms with van der Waals surface area (Å²) in [6.45, 7) is 0.613. The summed E-state index contributed by atoms with van der Waals surface area (Å²) in [6.07, 6.45) is 0.505. The van der Waals surface area contributed by atoms with E-state index in [9.17, 15) is 19.7 Å². The van der Waals surface area contributed by atoms with Crippen LogP contribution in [0, 0.1) is 16.0 Å². The molecule has 0 bridgehead atoms. The molecule has 112 valence electrons. The average molecular weight is 313 g/mol. The highest BCUT2D eigenvalue weighted by Gasteiger charge is 2.33. The average Bonchev–Trinajstić information content (AvgIpc) is 2.95. The van der Waals surface area contributed by atoms with Gasteiger partial charge in [0.05, 0.1) is 28.5 Å². The van der Waals surface area contributed by atoms with Gasteiger partial charge in [-0.2, -0.15) is 0 Å². The topological polar surface area (TPSA) is 89.8 Å². The van der Waals surface area contributed by atoms with Crippen molar-refractivity contribution in [2.24, 2.45) is 5.92 Å². The minimum atomic E-state index is -0.589. The van der Waals surface area contributed by atoms with Crippen LogP contribution in [0.2, 0.25) is 5.02 Å². The van der Waals surface area contributed by atoms with Crippen LogP contribution < -0.4 is 0 Å². The first-order valence-corrected chi connectivity index (χ1v) is 6.63. The Morgan fingerprint density at radius 2 is 2.19 bits per heavy atom. The molecule has 1 unspecified atom stereocenters. The molecule has 7 nitrogen and oxygen atoms in total. The number of benzene rings is 1. The van der Waals surface area contributed by atoms with E-state index in [1.807, 2.05) is 0 Å². The van der Waals surface area contributed by atoms with Crippen LogP contribution in [0.1, 0.15) is 16.8 Å². The Bertz CT molecular complexity index is 604. The fraction of sp³-hybridized carbons (Fsp3) is 0.385. The minimum Gasteiger partial charge on any atom is -0.469 e. The Labute approximate surface area is 125 Å². The summed E-state index contributed by atoms with van der Waals surface area (Å²) in [6, 6.07) is 3.71. The third kappa shape index (κ3) is 3.13. The first kappa shape index (κ1) is 15.2. The summed E-state index contributed by atoms with van der Waals surface area (Å²) in [4.78, 5) is 35.4. The zero-order valence-electron chi connectivity index (χ0n) is 11.2. The predicted molar refractivity (Wildman–Crippen MR) is 74.1 cm³/mol. The normalized spacial score (nSPS) is 17.6. The predicted octanol–water partition coefficient (Wildman–Crippen LogP) is 1.88. The summed E-state index contributed by atoms with van der Waals surface area (Å²) >= 11 is 5.94. The Morgan fingerprint density at radius 1 is 1.48 bits per heavy atom. The molecule has 1 aliphatic heterocycles. The van der Waals surface area contributed by atoms with Crippen molar-refractivity contribution in [3.05, 3.63) is 38.9 Å². The molecule has 1 aromatic rings. The highest BCUT2D eigenvalue weighted by Crippen LogP contribution is 2.26. The lowest BCUT2D eigenvalue weighted by Crippen LogP contribution is -2.30. The minimum absolute atomic E-state index is 0.0661. The zero-order valence-corrected chi connectivity index (χ0v) is 12.0. The Morgan fingerprint density at radius 3 is 2.81 bits per heavy atom. The standard InChI is InChI=1S/C13H13ClN2O5/c1-21-13(18)8-4-5-15(7-8)12(17)10-6-9(16(19)20)2-3-11(10)14/h2-3,6,8H,4-5,7H2,1H3. The van der Waals surface area contributed by atoms with Crippen molar-refractivity contribution in [1.29, 1.82) is 0 Å². The van der Waals surface area contributed by atoms with Crippen LogP contribution in [0.4, 0.5) is 5.69 Å². The first-order chi connectivity index (χ1) is 9.93. The number of rotatable bonds is 3. The van der Waals surface area contributed by atoms with E-state index in [1.54, 1.807) is 0 Å². The molecule has 0 spiro atoms. The van der Waals surface area contributed by atoms with Crippen LogP contribution >= 0.6 is 11.6 Å². The number of esters is 1. The number of nitro groups is 1. The molecule has 0 aliphatic carbocycles. The van der Waals surface area contributed by atoms with Crippen LogP contribution in [-0.4, -0.2) is 41.9 Å². The van der Waals surface area contributed by atoms with E-state index in [2.05, 4.69) is 4.74 Å². The van der Waals surface area contributed by atoms with Crippen molar-refractivity contribution in [3.8, 4) is 0 Å². The van der Waals surface area contributed by atoms with Crippen LogP contribution in [0.25, 0.3) is 0 Å². The van der Waals surface area contributed by atoms with Gasteiger partial charge in [-0.15, -0.1) is 0 Å². The zero-order chi connectivity index (χ0) is 15.6. The third-order valence-corrected chi connectivity index (χ3v) is 3.73. The van der Waals surface area contributed by atoms with Gasteiger partial charge in [0, 0.05) is 25.2 Å². The SMILES string of the molecule is COC(=O)C1CCN(C(=O)c2cc([N+](=O)[O-])ccc2Cl)C1. The number of likely N-dealkylation sites (tertiary alicyclic amines) is 1. The lowest BCUT2D eigenvalue weighted by molar-refractivity contribution is -0.384. The maximum Gasteiger partial charge on any atom is 0.310 e. The van der Waals surface area contributed by atoms with E-state index in [-0.39, 0.29) is 34.7 Å². The Hall–Kier alpha value is -2.15. The fourth-order valence-corrected chi connectivity index (χ4v) is 2.46. The van der Waals surface area contributed by atoms with Gasteiger partial charge in [0.2, 0.25) is 0 Å². The molecule has 0 radical (unpaired) electrons. The van der Waals surface area contributed by atoms with Crippen LogP contribution in [0.5, 0.6) is 0 Å². The quantitative estimate of drug-likeness (QED) is 0.483. The maximum atomic E-state index is 12.4. The fourth-order valence-electron chi connectivity index (χ4n) is 2.26. The second kappa shape index (κ2) is 6.09. The molecule has 0 N–H and O–H groups in total. The molecule has 0 saturated carbocycles. The van der Waals surface area contributed by atoms with Gasteiger partial charge in [0.25, 0.3) is 11.6 Å². The highest BCUT2D eigenvalue weighted by molar-refractivity contribution is 6.33. The number of methoxy groups -OCH3 is 1. The number of hydrogen-bond acceptors (Lipinski definition) is 5. The van der Waals surface area contributed by atoms with E-state index in [0.717, 1.165) is 6.07 Å². The molecule has 0 aromatic heterocycles. The molecule has 1 saturated heterocycles. The summed E-state index contributed by atoms with van der Waals surface area (Å²) in [5, 5.41) is 10.9. The monoisotopic (exact) mass is 312 g/mol. The van der Waals surface area contributed by atoms with E-state index < -0.39 is 10.8 Å². The third-order valence-electron chi connectivity index (χ3n) is 3.40. The van der Waals surface area contributed by atoms with Crippen molar-refractivity contribution in [1.82, 2.24) is 4.90 Å². The lowest BCUT2D eigenvalue weighted by atomic mass is 10.1. The van der Waals surface area contributed by atoms with Gasteiger partial charge in [0.1, 0.15) is 0 Å². The van der Waals surface area contributed by atoms with Crippen LogP contribution in [-0.2, 0) is 9.53 Å². The van der Waals surface area contributed by atoms with Crippen LogP contribution in [0.15, 0.2) is 18.2 Å². The van der Waals surface area contributed by atoms with Gasteiger partial charge < -0.3 is 9.64 Å².